The third-order valence-corrected chi connectivity index (χ3v) is 2.83. The lowest BCUT2D eigenvalue weighted by molar-refractivity contribution is 0.0589. The molecule has 1 aromatic heterocycles. The monoisotopic (exact) mass is 280 g/mol. The number of nitrogens with zero attached hydrogens (tertiary/aromatic N) is 2. The number of hydrogen-bond donors (Lipinski definition) is 0. The average Bonchev–Trinajstić information content (AvgIpc) is 2.82. The predicted molar refractivity (Wildman–Crippen MR) is 68.8 cm³/mol. The molecular weight excluding hydrogens is 266 g/mol. The molecule has 0 aliphatic rings. The second-order valence-electron chi connectivity index (χ2n) is 4.41. The fourth-order valence-electron chi connectivity index (χ4n) is 1.94. The first-order chi connectivity index (χ1) is 9.51. The van der Waals surface area contributed by atoms with Crippen LogP contribution in [-0.2, 0) is 11.3 Å². The van der Waals surface area contributed by atoms with Crippen LogP contribution >= 0.6 is 0 Å². The van der Waals surface area contributed by atoms with Crippen LogP contribution in [0.5, 0.6) is 0 Å². The highest BCUT2D eigenvalue weighted by Crippen LogP contribution is 2.22. The second-order valence-corrected chi connectivity index (χ2v) is 4.41. The maximum absolute atomic E-state index is 12.9. The van der Waals surface area contributed by atoms with Crippen molar-refractivity contribution in [2.24, 2.45) is 0 Å². The first-order valence-electron chi connectivity index (χ1n) is 6.00. The standard InChI is InChI=1S/C14H14F2N2O2/c1-9-4-3-5-10(6-9)7-18-8-11(14(19)20-2)12(17-18)13(15)16/h3-6,8,13H,7H2,1-2H3. The van der Waals surface area contributed by atoms with Crippen LogP contribution in [0.15, 0.2) is 30.5 Å². The summed E-state index contributed by atoms with van der Waals surface area (Å²) in [4.78, 5) is 11.4. The molecule has 4 nitrogen and oxygen atoms in total. The summed E-state index contributed by atoms with van der Waals surface area (Å²) < 4.78 is 31.5. The van der Waals surface area contributed by atoms with Gasteiger partial charge in [-0.25, -0.2) is 13.6 Å². The van der Waals surface area contributed by atoms with Crippen molar-refractivity contribution in [2.45, 2.75) is 19.9 Å². The summed E-state index contributed by atoms with van der Waals surface area (Å²) in [5.74, 6) is -0.809. The van der Waals surface area contributed by atoms with Gasteiger partial charge in [-0.05, 0) is 12.5 Å². The number of carbonyl (C=O) groups is 1. The molecule has 0 fully saturated rings. The van der Waals surface area contributed by atoms with Crippen LogP contribution < -0.4 is 0 Å². The number of ether oxygens (including phenoxy) is 1. The number of aromatic nitrogens is 2. The number of methoxy groups -OCH3 is 1. The van der Waals surface area contributed by atoms with Crippen molar-refractivity contribution in [3.8, 4) is 0 Å². The molecule has 0 saturated carbocycles. The van der Waals surface area contributed by atoms with Crippen LogP contribution in [0, 0.1) is 6.92 Å². The highest BCUT2D eigenvalue weighted by molar-refractivity contribution is 5.90. The number of rotatable bonds is 4. The van der Waals surface area contributed by atoms with Crippen LogP contribution in [0.25, 0.3) is 0 Å². The number of halogens is 2. The first kappa shape index (κ1) is 14.2. The zero-order chi connectivity index (χ0) is 14.7. The minimum absolute atomic E-state index is 0.199. The molecule has 0 aliphatic heterocycles. The van der Waals surface area contributed by atoms with E-state index in [4.69, 9.17) is 0 Å². The normalized spacial score (nSPS) is 10.8. The Morgan fingerprint density at radius 2 is 2.20 bits per heavy atom. The number of hydrogen-bond acceptors (Lipinski definition) is 3. The average molecular weight is 280 g/mol. The van der Waals surface area contributed by atoms with Gasteiger partial charge in [-0.15, -0.1) is 0 Å². The molecule has 0 amide bonds. The largest absolute Gasteiger partial charge is 0.465 e. The van der Waals surface area contributed by atoms with Gasteiger partial charge in [-0.1, -0.05) is 29.8 Å². The van der Waals surface area contributed by atoms with Gasteiger partial charge in [0.25, 0.3) is 6.43 Å². The SMILES string of the molecule is COC(=O)c1cn(Cc2cccc(C)c2)nc1C(F)F. The van der Waals surface area contributed by atoms with E-state index in [-0.39, 0.29) is 5.56 Å². The minimum Gasteiger partial charge on any atom is -0.465 e. The number of alkyl halides is 2. The van der Waals surface area contributed by atoms with Crippen molar-refractivity contribution in [2.75, 3.05) is 7.11 Å². The molecule has 0 bridgehead atoms. The molecule has 106 valence electrons. The number of carbonyl (C=O) groups excluding carboxylic acids is 1. The van der Waals surface area contributed by atoms with E-state index in [1.807, 2.05) is 31.2 Å². The second kappa shape index (κ2) is 5.81. The summed E-state index contributed by atoms with van der Waals surface area (Å²) in [6.45, 7) is 2.26. The van der Waals surface area contributed by atoms with E-state index in [0.717, 1.165) is 18.2 Å². The summed E-state index contributed by atoms with van der Waals surface area (Å²) in [5, 5.41) is 3.77. The van der Waals surface area contributed by atoms with Crippen LogP contribution in [0.2, 0.25) is 0 Å². The fraction of sp³-hybridized carbons (Fsp3) is 0.286. The molecular formula is C14H14F2N2O2. The van der Waals surface area contributed by atoms with Crippen molar-refractivity contribution in [1.82, 2.24) is 9.78 Å². The zero-order valence-corrected chi connectivity index (χ0v) is 11.1. The van der Waals surface area contributed by atoms with Crippen molar-refractivity contribution < 1.29 is 18.3 Å². The Morgan fingerprint density at radius 3 is 2.80 bits per heavy atom. The topological polar surface area (TPSA) is 44.1 Å². The maximum Gasteiger partial charge on any atom is 0.341 e. The van der Waals surface area contributed by atoms with Gasteiger partial charge >= 0.3 is 5.97 Å². The molecule has 2 rings (SSSR count). The van der Waals surface area contributed by atoms with E-state index >= 15 is 0 Å². The Kier molecular flexibility index (Phi) is 4.12. The lowest BCUT2D eigenvalue weighted by Gasteiger charge is -2.02. The van der Waals surface area contributed by atoms with Crippen molar-refractivity contribution in [1.29, 1.82) is 0 Å². The third-order valence-electron chi connectivity index (χ3n) is 2.83. The van der Waals surface area contributed by atoms with Gasteiger partial charge in [-0.3, -0.25) is 4.68 Å². The van der Waals surface area contributed by atoms with E-state index in [2.05, 4.69) is 9.84 Å². The van der Waals surface area contributed by atoms with E-state index < -0.39 is 18.1 Å². The van der Waals surface area contributed by atoms with Gasteiger partial charge in [0, 0.05) is 6.20 Å². The van der Waals surface area contributed by atoms with Gasteiger partial charge in [0.05, 0.1) is 13.7 Å². The molecule has 1 aromatic carbocycles. The van der Waals surface area contributed by atoms with E-state index in [9.17, 15) is 13.6 Å². The molecule has 1 heterocycles. The zero-order valence-electron chi connectivity index (χ0n) is 11.1. The Morgan fingerprint density at radius 1 is 1.45 bits per heavy atom. The highest BCUT2D eigenvalue weighted by atomic mass is 19.3. The predicted octanol–water partition coefficient (Wildman–Crippen LogP) is 2.96. The molecule has 20 heavy (non-hydrogen) atoms. The molecule has 0 spiro atoms. The fourth-order valence-corrected chi connectivity index (χ4v) is 1.94. The highest BCUT2D eigenvalue weighted by Gasteiger charge is 2.23. The Bertz CT molecular complexity index is 623. The Hall–Kier alpha value is -2.24. The smallest absolute Gasteiger partial charge is 0.341 e. The van der Waals surface area contributed by atoms with Gasteiger partial charge in [0.15, 0.2) is 0 Å². The third kappa shape index (κ3) is 3.01. The van der Waals surface area contributed by atoms with Crippen LogP contribution in [0.3, 0.4) is 0 Å². The lowest BCUT2D eigenvalue weighted by Crippen LogP contribution is -2.03. The van der Waals surface area contributed by atoms with Gasteiger partial charge in [0.2, 0.25) is 0 Å². The molecule has 0 saturated heterocycles. The maximum atomic E-state index is 12.9. The summed E-state index contributed by atoms with van der Waals surface area (Å²) in [5.41, 5.74) is 1.24. The van der Waals surface area contributed by atoms with Crippen LogP contribution in [-0.4, -0.2) is 22.9 Å². The van der Waals surface area contributed by atoms with Crippen LogP contribution in [0.1, 0.15) is 33.6 Å². The summed E-state index contributed by atoms with van der Waals surface area (Å²) in [7, 11) is 1.15. The van der Waals surface area contributed by atoms with Crippen LogP contribution in [0.4, 0.5) is 8.78 Å². The molecule has 0 radical (unpaired) electrons. The molecule has 0 atom stereocenters. The number of benzene rings is 1. The molecule has 6 heteroatoms. The summed E-state index contributed by atoms with van der Waals surface area (Å²) in [6.07, 6.45) is -1.53. The lowest BCUT2D eigenvalue weighted by atomic mass is 10.1. The molecule has 0 aliphatic carbocycles. The van der Waals surface area contributed by atoms with E-state index in [1.54, 1.807) is 0 Å². The Balaban J connectivity index is 2.31. The van der Waals surface area contributed by atoms with E-state index in [0.29, 0.717) is 6.54 Å². The summed E-state index contributed by atoms with van der Waals surface area (Å²) in [6, 6.07) is 7.62. The first-order valence-corrected chi connectivity index (χ1v) is 6.00. The van der Waals surface area contributed by atoms with Gasteiger partial charge in [-0.2, -0.15) is 5.10 Å². The van der Waals surface area contributed by atoms with Crippen molar-refractivity contribution >= 4 is 5.97 Å². The molecule has 0 unspecified atom stereocenters. The number of esters is 1. The number of aryl methyl sites for hydroxylation is 1. The minimum atomic E-state index is -2.82. The van der Waals surface area contributed by atoms with Gasteiger partial charge < -0.3 is 4.74 Å². The van der Waals surface area contributed by atoms with Crippen molar-refractivity contribution in [3.63, 3.8) is 0 Å². The molecule has 0 N–H and O–H groups in total. The molecule has 2 aromatic rings. The van der Waals surface area contributed by atoms with Crippen molar-refractivity contribution in [3.05, 3.63) is 52.8 Å². The Labute approximate surface area is 115 Å². The van der Waals surface area contributed by atoms with Gasteiger partial charge in [0.1, 0.15) is 11.3 Å². The van der Waals surface area contributed by atoms with E-state index in [1.165, 1.54) is 10.9 Å². The quantitative estimate of drug-likeness (QED) is 0.809. The summed E-state index contributed by atoms with van der Waals surface area (Å²) >= 11 is 0.